The number of benzene rings is 1. The lowest BCUT2D eigenvalue weighted by molar-refractivity contribution is 0.640. The minimum Gasteiger partial charge on any atom is -0.308 e. The number of halogens is 1. The van der Waals surface area contributed by atoms with Crippen LogP contribution in [0.5, 0.6) is 0 Å². The van der Waals surface area contributed by atoms with Crippen molar-refractivity contribution in [2.24, 2.45) is 5.92 Å². The van der Waals surface area contributed by atoms with Crippen molar-refractivity contribution in [3.8, 4) is 0 Å². The lowest BCUT2D eigenvalue weighted by Crippen LogP contribution is -2.19. The number of rotatable bonds is 5. The summed E-state index contributed by atoms with van der Waals surface area (Å²) >= 11 is 6.27. The van der Waals surface area contributed by atoms with Gasteiger partial charge in [0.15, 0.2) is 0 Å². The van der Waals surface area contributed by atoms with E-state index in [9.17, 15) is 0 Å². The van der Waals surface area contributed by atoms with Gasteiger partial charge in [-0.1, -0.05) is 49.7 Å². The Labute approximate surface area is 126 Å². The van der Waals surface area contributed by atoms with Crippen molar-refractivity contribution < 1.29 is 0 Å². The van der Waals surface area contributed by atoms with Crippen LogP contribution in [0.2, 0.25) is 5.02 Å². The van der Waals surface area contributed by atoms with Crippen molar-refractivity contribution in [3.05, 3.63) is 64.4 Å². The predicted molar refractivity (Wildman–Crippen MR) is 85.1 cm³/mol. The SMILES string of the molecule is CNC(c1cccc(CC(C)C)c1)c1ncccc1Cl. The molecule has 106 valence electrons. The van der Waals surface area contributed by atoms with Gasteiger partial charge in [0.25, 0.3) is 0 Å². The Morgan fingerprint density at radius 3 is 2.65 bits per heavy atom. The van der Waals surface area contributed by atoms with Crippen LogP contribution in [0.15, 0.2) is 42.6 Å². The minimum atomic E-state index is 0.0239. The molecule has 1 N–H and O–H groups in total. The average molecular weight is 289 g/mol. The van der Waals surface area contributed by atoms with Gasteiger partial charge < -0.3 is 5.32 Å². The van der Waals surface area contributed by atoms with Crippen molar-refractivity contribution in [3.63, 3.8) is 0 Å². The standard InChI is InChI=1S/C17H21ClN2/c1-12(2)10-13-6-4-7-14(11-13)16(19-3)17-15(18)8-5-9-20-17/h4-9,11-12,16,19H,10H2,1-3H3. The molecule has 0 fully saturated rings. The summed E-state index contributed by atoms with van der Waals surface area (Å²) in [5.41, 5.74) is 3.43. The van der Waals surface area contributed by atoms with Crippen LogP contribution in [0.25, 0.3) is 0 Å². The van der Waals surface area contributed by atoms with E-state index < -0.39 is 0 Å². The van der Waals surface area contributed by atoms with Gasteiger partial charge in [-0.3, -0.25) is 4.98 Å². The van der Waals surface area contributed by atoms with E-state index in [-0.39, 0.29) is 6.04 Å². The Hall–Kier alpha value is -1.38. The number of nitrogens with zero attached hydrogens (tertiary/aromatic N) is 1. The molecule has 2 rings (SSSR count). The first-order chi connectivity index (χ1) is 9.61. The van der Waals surface area contributed by atoms with Crippen molar-refractivity contribution in [1.82, 2.24) is 10.3 Å². The van der Waals surface area contributed by atoms with Crippen molar-refractivity contribution in [2.45, 2.75) is 26.3 Å². The van der Waals surface area contributed by atoms with Crippen LogP contribution in [-0.2, 0) is 6.42 Å². The fourth-order valence-corrected chi connectivity index (χ4v) is 2.67. The highest BCUT2D eigenvalue weighted by Crippen LogP contribution is 2.26. The number of nitrogens with one attached hydrogen (secondary N) is 1. The van der Waals surface area contributed by atoms with E-state index in [1.165, 1.54) is 11.1 Å². The Kier molecular flexibility index (Phi) is 5.16. The lowest BCUT2D eigenvalue weighted by atomic mass is 9.97. The molecule has 0 radical (unpaired) electrons. The lowest BCUT2D eigenvalue weighted by Gasteiger charge is -2.18. The molecule has 3 heteroatoms. The van der Waals surface area contributed by atoms with Crippen molar-refractivity contribution in [2.75, 3.05) is 7.05 Å². The number of aromatic nitrogens is 1. The molecule has 1 unspecified atom stereocenters. The molecule has 1 heterocycles. The molecule has 1 aromatic carbocycles. The summed E-state index contributed by atoms with van der Waals surface area (Å²) in [5, 5.41) is 4.00. The molecule has 0 spiro atoms. The highest BCUT2D eigenvalue weighted by Gasteiger charge is 2.16. The molecule has 1 atom stereocenters. The quantitative estimate of drug-likeness (QED) is 0.890. The molecule has 0 aliphatic heterocycles. The van der Waals surface area contributed by atoms with Gasteiger partial charge in [0.1, 0.15) is 0 Å². The number of hydrogen-bond acceptors (Lipinski definition) is 2. The minimum absolute atomic E-state index is 0.0239. The van der Waals surface area contributed by atoms with Gasteiger partial charge >= 0.3 is 0 Å². The Morgan fingerprint density at radius 1 is 1.20 bits per heavy atom. The Balaban J connectivity index is 2.35. The zero-order valence-corrected chi connectivity index (χ0v) is 13.0. The van der Waals surface area contributed by atoms with Gasteiger partial charge in [-0.15, -0.1) is 0 Å². The van der Waals surface area contributed by atoms with Crippen LogP contribution >= 0.6 is 11.6 Å². The summed E-state index contributed by atoms with van der Waals surface area (Å²) in [5.74, 6) is 0.650. The second-order valence-corrected chi connectivity index (χ2v) is 5.84. The van der Waals surface area contributed by atoms with Gasteiger partial charge in [0, 0.05) is 6.20 Å². The summed E-state index contributed by atoms with van der Waals surface area (Å²) in [4.78, 5) is 4.42. The van der Waals surface area contributed by atoms with Crippen LogP contribution in [0.1, 0.15) is 36.7 Å². The first-order valence-corrected chi connectivity index (χ1v) is 7.36. The molecule has 0 aliphatic rings. The van der Waals surface area contributed by atoms with Crippen LogP contribution in [0, 0.1) is 5.92 Å². The molecule has 2 aromatic rings. The monoisotopic (exact) mass is 288 g/mol. The molecule has 0 aliphatic carbocycles. The zero-order chi connectivity index (χ0) is 14.5. The summed E-state index contributed by atoms with van der Waals surface area (Å²) in [7, 11) is 1.94. The highest BCUT2D eigenvalue weighted by atomic mass is 35.5. The molecule has 2 nitrogen and oxygen atoms in total. The highest BCUT2D eigenvalue weighted by molar-refractivity contribution is 6.31. The fraction of sp³-hybridized carbons (Fsp3) is 0.353. The molecule has 1 aromatic heterocycles. The summed E-state index contributed by atoms with van der Waals surface area (Å²) in [6.45, 7) is 4.47. The van der Waals surface area contributed by atoms with E-state index >= 15 is 0 Å². The van der Waals surface area contributed by atoms with E-state index in [1.54, 1.807) is 6.20 Å². The third kappa shape index (κ3) is 3.59. The van der Waals surface area contributed by atoms with E-state index in [1.807, 2.05) is 19.2 Å². The summed E-state index contributed by atoms with van der Waals surface area (Å²) in [6.07, 6.45) is 2.86. The predicted octanol–water partition coefficient (Wildman–Crippen LogP) is 4.24. The fourth-order valence-electron chi connectivity index (χ4n) is 2.44. The molecule has 20 heavy (non-hydrogen) atoms. The van der Waals surface area contributed by atoms with Gasteiger partial charge in [-0.25, -0.2) is 0 Å². The van der Waals surface area contributed by atoms with Crippen LogP contribution < -0.4 is 5.32 Å². The van der Waals surface area contributed by atoms with E-state index in [0.29, 0.717) is 10.9 Å². The third-order valence-corrected chi connectivity index (χ3v) is 3.60. The van der Waals surface area contributed by atoms with E-state index in [0.717, 1.165) is 12.1 Å². The van der Waals surface area contributed by atoms with Gasteiger partial charge in [-0.2, -0.15) is 0 Å². The molecule has 0 bridgehead atoms. The Bertz CT molecular complexity index is 566. The summed E-state index contributed by atoms with van der Waals surface area (Å²) in [6, 6.07) is 12.4. The third-order valence-electron chi connectivity index (χ3n) is 3.28. The first kappa shape index (κ1) is 15.0. The zero-order valence-electron chi connectivity index (χ0n) is 12.2. The van der Waals surface area contributed by atoms with E-state index in [2.05, 4.69) is 48.4 Å². The van der Waals surface area contributed by atoms with Crippen LogP contribution in [-0.4, -0.2) is 12.0 Å². The molecule has 0 amide bonds. The normalized spacial score (nSPS) is 12.7. The maximum Gasteiger partial charge on any atom is 0.0804 e. The molecular formula is C17H21ClN2. The average Bonchev–Trinajstić information content (AvgIpc) is 2.41. The van der Waals surface area contributed by atoms with Crippen molar-refractivity contribution in [1.29, 1.82) is 0 Å². The van der Waals surface area contributed by atoms with Crippen LogP contribution in [0.3, 0.4) is 0 Å². The van der Waals surface area contributed by atoms with E-state index in [4.69, 9.17) is 11.6 Å². The smallest absolute Gasteiger partial charge is 0.0804 e. The Morgan fingerprint density at radius 2 is 2.00 bits per heavy atom. The molecule has 0 saturated carbocycles. The van der Waals surface area contributed by atoms with Gasteiger partial charge in [0.2, 0.25) is 0 Å². The largest absolute Gasteiger partial charge is 0.308 e. The van der Waals surface area contributed by atoms with Crippen molar-refractivity contribution >= 4 is 11.6 Å². The maximum absolute atomic E-state index is 6.27. The van der Waals surface area contributed by atoms with Gasteiger partial charge in [-0.05, 0) is 42.6 Å². The summed E-state index contributed by atoms with van der Waals surface area (Å²) < 4.78 is 0. The number of hydrogen-bond donors (Lipinski definition) is 1. The second-order valence-electron chi connectivity index (χ2n) is 5.44. The molecule has 0 saturated heterocycles. The molecular weight excluding hydrogens is 268 g/mol. The van der Waals surface area contributed by atoms with Gasteiger partial charge in [0.05, 0.1) is 16.8 Å². The maximum atomic E-state index is 6.27. The topological polar surface area (TPSA) is 24.9 Å². The second kappa shape index (κ2) is 6.87. The van der Waals surface area contributed by atoms with Crippen LogP contribution in [0.4, 0.5) is 0 Å². The number of pyridine rings is 1. The first-order valence-electron chi connectivity index (χ1n) is 6.98.